The van der Waals surface area contributed by atoms with Gasteiger partial charge in [0, 0.05) is 20.3 Å². The van der Waals surface area contributed by atoms with Gasteiger partial charge in [0.2, 0.25) is 0 Å². The molecule has 0 amide bonds. The van der Waals surface area contributed by atoms with E-state index in [0.29, 0.717) is 26.2 Å². The Morgan fingerprint density at radius 3 is 2.58 bits per heavy atom. The van der Waals surface area contributed by atoms with E-state index in [9.17, 15) is 4.79 Å². The SMILES string of the molecule is CCOC(=O)C(C)(CCOC)NCc1ccccc1. The zero-order valence-corrected chi connectivity index (χ0v) is 11.9. The van der Waals surface area contributed by atoms with Crippen molar-refractivity contribution in [1.82, 2.24) is 5.32 Å². The second-order valence-electron chi connectivity index (χ2n) is 4.63. The molecule has 1 aromatic carbocycles. The molecule has 1 unspecified atom stereocenters. The van der Waals surface area contributed by atoms with Crippen molar-refractivity contribution in [2.75, 3.05) is 20.3 Å². The van der Waals surface area contributed by atoms with Crippen LogP contribution in [-0.4, -0.2) is 31.8 Å². The molecule has 0 heterocycles. The lowest BCUT2D eigenvalue weighted by atomic mass is 9.98. The first-order valence-electron chi connectivity index (χ1n) is 6.57. The summed E-state index contributed by atoms with van der Waals surface area (Å²) in [6.07, 6.45) is 0.579. The lowest BCUT2D eigenvalue weighted by Crippen LogP contribution is -2.50. The predicted octanol–water partition coefficient (Wildman–Crippen LogP) is 2.13. The van der Waals surface area contributed by atoms with Gasteiger partial charge in [0.05, 0.1) is 6.61 Å². The molecule has 0 aromatic heterocycles. The van der Waals surface area contributed by atoms with Crippen LogP contribution in [0, 0.1) is 0 Å². The fourth-order valence-electron chi connectivity index (χ4n) is 1.75. The highest BCUT2D eigenvalue weighted by molar-refractivity contribution is 5.80. The minimum Gasteiger partial charge on any atom is -0.465 e. The first-order chi connectivity index (χ1) is 9.12. The van der Waals surface area contributed by atoms with Gasteiger partial charge in [0.25, 0.3) is 0 Å². The Morgan fingerprint density at radius 2 is 2.00 bits per heavy atom. The van der Waals surface area contributed by atoms with Gasteiger partial charge in [0.1, 0.15) is 5.54 Å². The zero-order valence-electron chi connectivity index (χ0n) is 11.9. The average molecular weight is 265 g/mol. The molecule has 0 aliphatic carbocycles. The van der Waals surface area contributed by atoms with Crippen LogP contribution in [0.2, 0.25) is 0 Å². The number of ether oxygens (including phenoxy) is 2. The number of rotatable bonds is 8. The standard InChI is InChI=1S/C15H23NO3/c1-4-19-14(17)15(2,10-11-18-3)16-12-13-8-6-5-7-9-13/h5-9,16H,4,10-12H2,1-3H3. The number of benzene rings is 1. The van der Waals surface area contributed by atoms with Crippen LogP contribution < -0.4 is 5.32 Å². The fraction of sp³-hybridized carbons (Fsp3) is 0.533. The predicted molar refractivity (Wildman–Crippen MR) is 74.8 cm³/mol. The van der Waals surface area contributed by atoms with Crippen molar-refractivity contribution in [2.45, 2.75) is 32.4 Å². The maximum Gasteiger partial charge on any atom is 0.326 e. The molecule has 1 atom stereocenters. The molecule has 0 spiro atoms. The van der Waals surface area contributed by atoms with Crippen LogP contribution in [0.1, 0.15) is 25.8 Å². The van der Waals surface area contributed by atoms with Crippen LogP contribution in [0.15, 0.2) is 30.3 Å². The average Bonchev–Trinajstić information content (AvgIpc) is 2.44. The number of nitrogens with one attached hydrogen (secondary N) is 1. The summed E-state index contributed by atoms with van der Waals surface area (Å²) in [4.78, 5) is 12.1. The molecule has 1 rings (SSSR count). The second kappa shape index (κ2) is 7.92. The normalized spacial score (nSPS) is 13.8. The van der Waals surface area contributed by atoms with Gasteiger partial charge in [-0.2, -0.15) is 0 Å². The van der Waals surface area contributed by atoms with E-state index in [2.05, 4.69) is 5.32 Å². The van der Waals surface area contributed by atoms with Crippen molar-refractivity contribution in [3.63, 3.8) is 0 Å². The van der Waals surface area contributed by atoms with Gasteiger partial charge >= 0.3 is 5.97 Å². The Balaban J connectivity index is 2.65. The van der Waals surface area contributed by atoms with Crippen molar-refractivity contribution < 1.29 is 14.3 Å². The Bertz CT molecular complexity index is 380. The maximum absolute atomic E-state index is 12.1. The van der Waals surface area contributed by atoms with Crippen LogP contribution in [0.25, 0.3) is 0 Å². The van der Waals surface area contributed by atoms with Crippen LogP contribution in [0.3, 0.4) is 0 Å². The smallest absolute Gasteiger partial charge is 0.326 e. The number of esters is 1. The van der Waals surface area contributed by atoms with Crippen molar-refractivity contribution in [3.05, 3.63) is 35.9 Å². The first-order valence-corrected chi connectivity index (χ1v) is 6.57. The molecule has 0 aliphatic rings. The highest BCUT2D eigenvalue weighted by Crippen LogP contribution is 2.14. The van der Waals surface area contributed by atoms with E-state index in [1.54, 1.807) is 7.11 Å². The summed E-state index contributed by atoms with van der Waals surface area (Å²) in [5.74, 6) is -0.233. The fourth-order valence-corrected chi connectivity index (χ4v) is 1.75. The van der Waals surface area contributed by atoms with Gasteiger partial charge in [0.15, 0.2) is 0 Å². The first kappa shape index (κ1) is 15.7. The van der Waals surface area contributed by atoms with Crippen LogP contribution in [-0.2, 0) is 20.8 Å². The molecule has 0 bridgehead atoms. The van der Waals surface area contributed by atoms with E-state index in [-0.39, 0.29) is 5.97 Å². The number of hydrogen-bond acceptors (Lipinski definition) is 4. The van der Waals surface area contributed by atoms with Gasteiger partial charge in [-0.3, -0.25) is 10.1 Å². The zero-order chi connectivity index (χ0) is 14.1. The molecule has 0 aliphatic heterocycles. The van der Waals surface area contributed by atoms with Crippen molar-refractivity contribution in [2.24, 2.45) is 0 Å². The lowest BCUT2D eigenvalue weighted by molar-refractivity contribution is -0.151. The van der Waals surface area contributed by atoms with E-state index in [0.717, 1.165) is 5.56 Å². The summed E-state index contributed by atoms with van der Waals surface area (Å²) in [7, 11) is 1.63. The molecule has 0 radical (unpaired) electrons. The third kappa shape index (κ3) is 5.01. The van der Waals surface area contributed by atoms with Crippen molar-refractivity contribution in [3.8, 4) is 0 Å². The molecule has 106 valence electrons. The summed E-state index contributed by atoms with van der Waals surface area (Å²) in [5, 5.41) is 3.28. The molecule has 0 saturated carbocycles. The molecule has 1 aromatic rings. The lowest BCUT2D eigenvalue weighted by Gasteiger charge is -2.28. The minimum absolute atomic E-state index is 0.233. The number of carbonyl (C=O) groups excluding carboxylic acids is 1. The third-order valence-corrected chi connectivity index (χ3v) is 3.06. The number of carbonyl (C=O) groups is 1. The molecule has 0 saturated heterocycles. The summed E-state index contributed by atoms with van der Waals surface area (Å²) in [6.45, 7) is 5.18. The van der Waals surface area contributed by atoms with Crippen molar-refractivity contribution in [1.29, 1.82) is 0 Å². The van der Waals surface area contributed by atoms with Gasteiger partial charge in [-0.25, -0.2) is 0 Å². The second-order valence-corrected chi connectivity index (χ2v) is 4.63. The van der Waals surface area contributed by atoms with Gasteiger partial charge in [-0.05, 0) is 25.8 Å². The van der Waals surface area contributed by atoms with E-state index >= 15 is 0 Å². The summed E-state index contributed by atoms with van der Waals surface area (Å²) >= 11 is 0. The molecule has 19 heavy (non-hydrogen) atoms. The number of methoxy groups -OCH3 is 1. The van der Waals surface area contributed by atoms with E-state index in [1.807, 2.05) is 44.2 Å². The van der Waals surface area contributed by atoms with Crippen LogP contribution in [0.4, 0.5) is 0 Å². The Kier molecular flexibility index (Phi) is 6.53. The molecule has 0 fully saturated rings. The van der Waals surface area contributed by atoms with Crippen molar-refractivity contribution >= 4 is 5.97 Å². The number of hydrogen-bond donors (Lipinski definition) is 1. The van der Waals surface area contributed by atoms with E-state index in [1.165, 1.54) is 0 Å². The molecule has 4 heteroatoms. The highest BCUT2D eigenvalue weighted by Gasteiger charge is 2.33. The van der Waals surface area contributed by atoms with E-state index in [4.69, 9.17) is 9.47 Å². The van der Waals surface area contributed by atoms with Gasteiger partial charge in [-0.15, -0.1) is 0 Å². The Labute approximate surface area is 115 Å². The maximum atomic E-state index is 12.1. The monoisotopic (exact) mass is 265 g/mol. The topological polar surface area (TPSA) is 47.6 Å². The highest BCUT2D eigenvalue weighted by atomic mass is 16.5. The Hall–Kier alpha value is -1.39. The minimum atomic E-state index is -0.720. The largest absolute Gasteiger partial charge is 0.465 e. The summed E-state index contributed by atoms with van der Waals surface area (Å²) in [6, 6.07) is 9.98. The van der Waals surface area contributed by atoms with Gasteiger partial charge < -0.3 is 9.47 Å². The third-order valence-electron chi connectivity index (χ3n) is 3.06. The summed E-state index contributed by atoms with van der Waals surface area (Å²) < 4.78 is 10.2. The quantitative estimate of drug-likeness (QED) is 0.732. The summed E-state index contributed by atoms with van der Waals surface area (Å²) in [5.41, 5.74) is 0.414. The van der Waals surface area contributed by atoms with E-state index < -0.39 is 5.54 Å². The van der Waals surface area contributed by atoms with Crippen LogP contribution in [0.5, 0.6) is 0 Å². The van der Waals surface area contributed by atoms with Gasteiger partial charge in [-0.1, -0.05) is 30.3 Å². The van der Waals surface area contributed by atoms with Crippen LogP contribution >= 0.6 is 0 Å². The molecule has 1 N–H and O–H groups in total. The Morgan fingerprint density at radius 1 is 1.32 bits per heavy atom. The molecular formula is C15H23NO3. The molecular weight excluding hydrogens is 242 g/mol. The molecule has 4 nitrogen and oxygen atoms in total.